The molecule has 7 heteroatoms. The molecular formula is C22H27N3O4. The predicted molar refractivity (Wildman–Crippen MR) is 111 cm³/mol. The number of carbonyl (C=O) groups is 2. The molecule has 0 spiro atoms. The van der Waals surface area contributed by atoms with Gasteiger partial charge in [-0.2, -0.15) is 0 Å². The Balaban J connectivity index is 2.29. The molecule has 0 bridgehead atoms. The lowest BCUT2D eigenvalue weighted by Crippen LogP contribution is -2.56. The largest absolute Gasteiger partial charge is 0.282 e. The maximum atomic E-state index is 13.1. The molecular weight excluding hydrogens is 370 g/mol. The predicted octanol–water partition coefficient (Wildman–Crippen LogP) is 4.38. The van der Waals surface area contributed by atoms with Crippen LogP contribution in [0.5, 0.6) is 0 Å². The zero-order chi connectivity index (χ0) is 21.8. The van der Waals surface area contributed by atoms with E-state index < -0.39 is 22.3 Å². The number of nitrogens with zero attached hydrogens (tertiary/aromatic N) is 2. The molecule has 0 heterocycles. The van der Waals surface area contributed by atoms with Crippen LogP contribution < -0.4 is 5.43 Å². The first-order chi connectivity index (χ1) is 13.5. The van der Waals surface area contributed by atoms with Gasteiger partial charge in [-0.25, -0.2) is 5.01 Å². The van der Waals surface area contributed by atoms with Gasteiger partial charge in [0.1, 0.15) is 5.56 Å². The van der Waals surface area contributed by atoms with Crippen LogP contribution in [0.25, 0.3) is 0 Å². The maximum Gasteiger partial charge on any atom is 0.282 e. The molecule has 2 aromatic carbocycles. The summed E-state index contributed by atoms with van der Waals surface area (Å²) in [5.41, 5.74) is 2.96. The van der Waals surface area contributed by atoms with E-state index >= 15 is 0 Å². The van der Waals surface area contributed by atoms with Crippen molar-refractivity contribution in [1.29, 1.82) is 0 Å². The van der Waals surface area contributed by atoms with Crippen molar-refractivity contribution in [2.24, 2.45) is 5.92 Å². The Labute approximate surface area is 170 Å². The van der Waals surface area contributed by atoms with Crippen molar-refractivity contribution in [1.82, 2.24) is 10.4 Å². The molecule has 2 aromatic rings. The highest BCUT2D eigenvalue weighted by Crippen LogP contribution is 2.23. The van der Waals surface area contributed by atoms with Gasteiger partial charge in [-0.1, -0.05) is 38.1 Å². The number of amides is 2. The monoisotopic (exact) mass is 397 g/mol. The minimum absolute atomic E-state index is 0.0833. The second-order valence-electron chi connectivity index (χ2n) is 8.32. The number of para-hydroxylation sites is 1. The Hall–Kier alpha value is -3.22. The van der Waals surface area contributed by atoms with Gasteiger partial charge in [0.25, 0.3) is 17.5 Å². The number of benzene rings is 2. The van der Waals surface area contributed by atoms with Crippen LogP contribution in [0.3, 0.4) is 0 Å². The molecule has 7 nitrogen and oxygen atoms in total. The number of rotatable bonds is 5. The lowest BCUT2D eigenvalue weighted by molar-refractivity contribution is -0.385. The highest BCUT2D eigenvalue weighted by molar-refractivity contribution is 6.01. The molecule has 0 saturated heterocycles. The molecule has 0 aliphatic carbocycles. The van der Waals surface area contributed by atoms with Crippen LogP contribution in [0.15, 0.2) is 48.5 Å². The summed E-state index contributed by atoms with van der Waals surface area (Å²) >= 11 is 0. The van der Waals surface area contributed by atoms with E-state index in [1.165, 1.54) is 18.2 Å². The second-order valence-corrected chi connectivity index (χ2v) is 8.32. The van der Waals surface area contributed by atoms with Crippen molar-refractivity contribution in [2.75, 3.05) is 0 Å². The van der Waals surface area contributed by atoms with Crippen molar-refractivity contribution in [2.45, 2.75) is 46.6 Å². The number of hydrogen-bond acceptors (Lipinski definition) is 4. The van der Waals surface area contributed by atoms with Crippen molar-refractivity contribution in [3.05, 3.63) is 75.3 Å². The Kier molecular flexibility index (Phi) is 6.74. The van der Waals surface area contributed by atoms with Gasteiger partial charge in [0.05, 0.1) is 10.5 Å². The van der Waals surface area contributed by atoms with E-state index in [0.29, 0.717) is 11.5 Å². The highest BCUT2D eigenvalue weighted by Gasteiger charge is 2.33. The van der Waals surface area contributed by atoms with Gasteiger partial charge in [0.15, 0.2) is 0 Å². The van der Waals surface area contributed by atoms with Crippen LogP contribution in [0.1, 0.15) is 60.9 Å². The summed E-state index contributed by atoms with van der Waals surface area (Å²) in [5, 5.41) is 12.4. The van der Waals surface area contributed by atoms with E-state index in [0.717, 1.165) is 17.0 Å². The topological polar surface area (TPSA) is 92.6 Å². The molecule has 1 N–H and O–H groups in total. The van der Waals surface area contributed by atoms with Crippen molar-refractivity contribution in [3.63, 3.8) is 0 Å². The number of hydrazine groups is 1. The number of carbonyl (C=O) groups excluding carboxylic acids is 2. The van der Waals surface area contributed by atoms with Crippen LogP contribution in [-0.2, 0) is 6.42 Å². The van der Waals surface area contributed by atoms with E-state index in [-0.39, 0.29) is 11.3 Å². The zero-order valence-corrected chi connectivity index (χ0v) is 17.4. The summed E-state index contributed by atoms with van der Waals surface area (Å²) in [7, 11) is 0. The van der Waals surface area contributed by atoms with Crippen LogP contribution in [0, 0.1) is 16.0 Å². The van der Waals surface area contributed by atoms with E-state index in [4.69, 9.17) is 0 Å². The standard InChI is InChI=1S/C22H27N3O4/c1-15(2)14-16-10-12-17(13-11-16)20(26)23-24(22(3,4)5)21(27)18-8-6-7-9-19(18)25(28)29/h6-13,15H,14H2,1-5H3,(H,23,26). The molecule has 2 rings (SSSR count). The minimum atomic E-state index is -0.798. The summed E-state index contributed by atoms with van der Waals surface area (Å²) in [6.07, 6.45) is 0.909. The molecule has 0 aliphatic rings. The summed E-state index contributed by atoms with van der Waals surface area (Å²) in [6.45, 7) is 9.47. The minimum Gasteiger partial charge on any atom is -0.267 e. The van der Waals surface area contributed by atoms with Crippen molar-refractivity contribution in [3.8, 4) is 0 Å². The molecule has 0 atom stereocenters. The van der Waals surface area contributed by atoms with Crippen LogP contribution in [0.2, 0.25) is 0 Å². The van der Waals surface area contributed by atoms with Gasteiger partial charge in [-0.05, 0) is 56.9 Å². The first kappa shape index (κ1) is 22.1. The van der Waals surface area contributed by atoms with Gasteiger partial charge in [0, 0.05) is 11.6 Å². The third-order valence-electron chi connectivity index (χ3n) is 4.28. The zero-order valence-electron chi connectivity index (χ0n) is 17.4. The van der Waals surface area contributed by atoms with Crippen LogP contribution in [-0.4, -0.2) is 27.3 Å². The van der Waals surface area contributed by atoms with E-state index in [1.54, 1.807) is 39.0 Å². The Morgan fingerprint density at radius 2 is 1.66 bits per heavy atom. The first-order valence-electron chi connectivity index (χ1n) is 9.48. The molecule has 2 amide bonds. The fourth-order valence-electron chi connectivity index (χ4n) is 2.89. The van der Waals surface area contributed by atoms with Gasteiger partial charge in [-0.3, -0.25) is 25.1 Å². The lowest BCUT2D eigenvalue weighted by Gasteiger charge is -2.35. The average Bonchev–Trinajstić information content (AvgIpc) is 2.64. The normalized spacial score (nSPS) is 11.2. The average molecular weight is 397 g/mol. The Morgan fingerprint density at radius 1 is 1.07 bits per heavy atom. The molecule has 154 valence electrons. The highest BCUT2D eigenvalue weighted by atomic mass is 16.6. The second kappa shape index (κ2) is 8.86. The molecule has 0 aromatic heterocycles. The van der Waals surface area contributed by atoms with E-state index in [2.05, 4.69) is 19.3 Å². The van der Waals surface area contributed by atoms with E-state index in [9.17, 15) is 19.7 Å². The summed E-state index contributed by atoms with van der Waals surface area (Å²) in [4.78, 5) is 36.5. The molecule has 0 radical (unpaired) electrons. The molecule has 29 heavy (non-hydrogen) atoms. The Bertz CT molecular complexity index is 899. The maximum absolute atomic E-state index is 13.1. The molecule has 0 saturated carbocycles. The Morgan fingerprint density at radius 3 is 2.17 bits per heavy atom. The molecule has 0 unspecified atom stereocenters. The van der Waals surface area contributed by atoms with Gasteiger partial charge in [0.2, 0.25) is 0 Å². The fraction of sp³-hybridized carbons (Fsp3) is 0.364. The summed E-state index contributed by atoms with van der Waals surface area (Å²) in [5.74, 6) is -0.595. The van der Waals surface area contributed by atoms with Crippen LogP contribution in [0.4, 0.5) is 5.69 Å². The van der Waals surface area contributed by atoms with Gasteiger partial charge < -0.3 is 0 Å². The third kappa shape index (κ3) is 5.63. The van der Waals surface area contributed by atoms with Crippen molar-refractivity contribution >= 4 is 17.5 Å². The first-order valence-corrected chi connectivity index (χ1v) is 9.48. The fourth-order valence-corrected chi connectivity index (χ4v) is 2.89. The molecule has 0 fully saturated rings. The number of nitro benzene ring substituents is 1. The SMILES string of the molecule is CC(C)Cc1ccc(C(=O)NN(C(=O)c2ccccc2[N+](=O)[O-])C(C)(C)C)cc1. The van der Waals surface area contributed by atoms with Crippen LogP contribution >= 0.6 is 0 Å². The van der Waals surface area contributed by atoms with Crippen molar-refractivity contribution < 1.29 is 14.5 Å². The summed E-state index contributed by atoms with van der Waals surface area (Å²) in [6, 6.07) is 12.9. The number of nitrogens with one attached hydrogen (secondary N) is 1. The van der Waals surface area contributed by atoms with Gasteiger partial charge in [-0.15, -0.1) is 0 Å². The third-order valence-corrected chi connectivity index (χ3v) is 4.28. The smallest absolute Gasteiger partial charge is 0.267 e. The summed E-state index contributed by atoms with van der Waals surface area (Å²) < 4.78 is 0. The lowest BCUT2D eigenvalue weighted by atomic mass is 10.0. The number of nitro groups is 1. The number of hydrogen-bond donors (Lipinski definition) is 1. The van der Waals surface area contributed by atoms with Gasteiger partial charge >= 0.3 is 0 Å². The molecule has 0 aliphatic heterocycles. The quantitative estimate of drug-likeness (QED) is 0.598. The van der Waals surface area contributed by atoms with E-state index in [1.807, 2.05) is 12.1 Å².